The normalized spacial score (nSPS) is 10.5. The Morgan fingerprint density at radius 1 is 1.27 bits per heavy atom. The third kappa shape index (κ3) is 1.52. The highest BCUT2D eigenvalue weighted by Gasteiger charge is 2.09. The number of Topliss-reactive ketones (excluding diaryl/α,β-unsaturated/α-hetero) is 1. The molecule has 0 aliphatic carbocycles. The van der Waals surface area contributed by atoms with Crippen molar-refractivity contribution in [1.29, 1.82) is 0 Å². The number of benzene rings is 2. The minimum Gasteiger partial charge on any atom is -0.507 e. The molecule has 0 saturated carbocycles. The predicted molar refractivity (Wildman–Crippen MR) is 60.0 cm³/mol. The molecule has 76 valence electrons. The van der Waals surface area contributed by atoms with E-state index >= 15 is 0 Å². The van der Waals surface area contributed by atoms with E-state index in [1.165, 1.54) is 6.92 Å². The van der Waals surface area contributed by atoms with Crippen molar-refractivity contribution in [3.05, 3.63) is 35.9 Å². The van der Waals surface area contributed by atoms with Crippen LogP contribution in [0.3, 0.4) is 0 Å². The van der Waals surface area contributed by atoms with E-state index in [-0.39, 0.29) is 11.5 Å². The Morgan fingerprint density at radius 2 is 2.00 bits per heavy atom. The minimum atomic E-state index is -0.147. The zero-order valence-corrected chi connectivity index (χ0v) is 8.32. The maximum atomic E-state index is 11.2. The van der Waals surface area contributed by atoms with Crippen molar-refractivity contribution in [3.8, 4) is 5.75 Å². The number of phenolic OH excluding ortho intramolecular Hbond substituents is 1. The summed E-state index contributed by atoms with van der Waals surface area (Å²) in [6.07, 6.45) is 0. The van der Waals surface area contributed by atoms with Crippen LogP contribution in [0.15, 0.2) is 30.3 Å². The number of aromatic hydroxyl groups is 1. The average Bonchev–Trinajstić information content (AvgIpc) is 2.17. The molecule has 3 heteroatoms. The topological polar surface area (TPSA) is 63.3 Å². The number of ketones is 1. The zero-order chi connectivity index (χ0) is 11.0. The number of fused-ring (bicyclic) bond motifs is 1. The molecule has 0 saturated heterocycles. The molecule has 3 N–H and O–H groups in total. The molecule has 0 atom stereocenters. The van der Waals surface area contributed by atoms with Gasteiger partial charge in [-0.05, 0) is 36.6 Å². The van der Waals surface area contributed by atoms with Gasteiger partial charge in [-0.25, -0.2) is 0 Å². The van der Waals surface area contributed by atoms with Gasteiger partial charge in [0.15, 0.2) is 5.78 Å². The van der Waals surface area contributed by atoms with Gasteiger partial charge in [0.2, 0.25) is 0 Å². The van der Waals surface area contributed by atoms with Crippen LogP contribution in [-0.2, 0) is 0 Å². The molecule has 0 heterocycles. The number of anilines is 1. The number of carbonyl (C=O) groups is 1. The molecule has 0 aromatic heterocycles. The first-order chi connectivity index (χ1) is 7.09. The molecule has 2 rings (SSSR count). The van der Waals surface area contributed by atoms with Gasteiger partial charge in [0.1, 0.15) is 5.75 Å². The highest BCUT2D eigenvalue weighted by Crippen LogP contribution is 2.30. The van der Waals surface area contributed by atoms with Gasteiger partial charge in [0.25, 0.3) is 0 Å². The molecule has 0 radical (unpaired) electrons. The number of hydrogen-bond acceptors (Lipinski definition) is 3. The van der Waals surface area contributed by atoms with E-state index in [0.717, 1.165) is 5.39 Å². The van der Waals surface area contributed by atoms with Gasteiger partial charge >= 0.3 is 0 Å². The van der Waals surface area contributed by atoms with Crippen molar-refractivity contribution in [1.82, 2.24) is 0 Å². The third-order valence-electron chi connectivity index (χ3n) is 2.39. The number of nitrogen functional groups attached to an aromatic ring is 1. The van der Waals surface area contributed by atoms with E-state index in [2.05, 4.69) is 0 Å². The van der Waals surface area contributed by atoms with Crippen molar-refractivity contribution in [3.63, 3.8) is 0 Å². The monoisotopic (exact) mass is 201 g/mol. The average molecular weight is 201 g/mol. The number of carbonyl (C=O) groups excluding carboxylic acids is 1. The first kappa shape index (κ1) is 9.52. The Labute approximate surface area is 87.1 Å². The second-order valence-electron chi connectivity index (χ2n) is 3.50. The number of nitrogens with two attached hydrogens (primary N) is 1. The maximum Gasteiger partial charge on any atom is 0.163 e. The molecule has 0 aliphatic rings. The third-order valence-corrected chi connectivity index (χ3v) is 2.39. The summed E-state index contributed by atoms with van der Waals surface area (Å²) < 4.78 is 0. The number of rotatable bonds is 1. The van der Waals surface area contributed by atoms with Gasteiger partial charge in [-0.1, -0.05) is 6.07 Å². The van der Waals surface area contributed by atoms with Crippen molar-refractivity contribution in [2.75, 3.05) is 5.73 Å². The molecule has 2 aromatic rings. The fraction of sp³-hybridized carbons (Fsp3) is 0.0833. The fourth-order valence-electron chi connectivity index (χ4n) is 1.62. The summed E-state index contributed by atoms with van der Waals surface area (Å²) in [7, 11) is 0. The molecule has 2 aromatic carbocycles. The summed E-state index contributed by atoms with van der Waals surface area (Å²) in [6.45, 7) is 1.43. The van der Waals surface area contributed by atoms with Crippen LogP contribution < -0.4 is 5.73 Å². The van der Waals surface area contributed by atoms with Crippen LogP contribution in [0.1, 0.15) is 17.3 Å². The molecule has 0 bridgehead atoms. The van der Waals surface area contributed by atoms with Crippen molar-refractivity contribution in [2.24, 2.45) is 0 Å². The number of hydrogen-bond donors (Lipinski definition) is 2. The molecule has 0 fully saturated rings. The summed E-state index contributed by atoms with van der Waals surface area (Å²) >= 11 is 0. The molecule has 0 amide bonds. The van der Waals surface area contributed by atoms with Crippen LogP contribution in [0.2, 0.25) is 0 Å². The van der Waals surface area contributed by atoms with Gasteiger partial charge < -0.3 is 10.8 Å². The molecule has 15 heavy (non-hydrogen) atoms. The van der Waals surface area contributed by atoms with E-state index in [9.17, 15) is 9.90 Å². The lowest BCUT2D eigenvalue weighted by atomic mass is 10.0. The highest BCUT2D eigenvalue weighted by atomic mass is 16.3. The predicted octanol–water partition coefficient (Wildman–Crippen LogP) is 2.33. The summed E-state index contributed by atoms with van der Waals surface area (Å²) in [5.41, 5.74) is 6.60. The Kier molecular flexibility index (Phi) is 2.08. The van der Waals surface area contributed by atoms with Gasteiger partial charge in [0, 0.05) is 11.1 Å². The van der Waals surface area contributed by atoms with Crippen LogP contribution in [0.5, 0.6) is 5.75 Å². The van der Waals surface area contributed by atoms with E-state index in [4.69, 9.17) is 5.73 Å². The fourth-order valence-corrected chi connectivity index (χ4v) is 1.62. The van der Waals surface area contributed by atoms with E-state index in [1.54, 1.807) is 30.3 Å². The Morgan fingerprint density at radius 3 is 2.67 bits per heavy atom. The SMILES string of the molecule is CC(=O)c1ccc2cc(N)ccc2c1O. The number of phenols is 1. The van der Waals surface area contributed by atoms with Gasteiger partial charge in [-0.3, -0.25) is 4.79 Å². The lowest BCUT2D eigenvalue weighted by Gasteiger charge is -2.05. The molecule has 0 unspecified atom stereocenters. The summed E-state index contributed by atoms with van der Waals surface area (Å²) in [6, 6.07) is 8.57. The van der Waals surface area contributed by atoms with Crippen molar-refractivity contribution in [2.45, 2.75) is 6.92 Å². The largest absolute Gasteiger partial charge is 0.507 e. The van der Waals surface area contributed by atoms with Crippen LogP contribution in [-0.4, -0.2) is 10.9 Å². The summed E-state index contributed by atoms with van der Waals surface area (Å²) in [4.78, 5) is 11.2. The standard InChI is InChI=1S/C12H11NO2/c1-7(14)10-4-2-8-6-9(13)3-5-11(8)12(10)15/h2-6,15H,13H2,1H3. The van der Waals surface area contributed by atoms with Gasteiger partial charge in [-0.2, -0.15) is 0 Å². The smallest absolute Gasteiger partial charge is 0.163 e. The Bertz CT molecular complexity index is 547. The summed E-state index contributed by atoms with van der Waals surface area (Å²) in [5.74, 6) is -0.119. The first-order valence-electron chi connectivity index (χ1n) is 4.62. The second kappa shape index (κ2) is 3.28. The van der Waals surface area contributed by atoms with E-state index in [0.29, 0.717) is 16.6 Å². The lowest BCUT2D eigenvalue weighted by molar-refractivity contribution is 0.101. The Balaban J connectivity index is 2.80. The van der Waals surface area contributed by atoms with Crippen LogP contribution in [0, 0.1) is 0 Å². The Hall–Kier alpha value is -2.03. The van der Waals surface area contributed by atoms with Crippen LogP contribution >= 0.6 is 0 Å². The maximum absolute atomic E-state index is 11.2. The summed E-state index contributed by atoms with van der Waals surface area (Å²) in [5, 5.41) is 11.3. The van der Waals surface area contributed by atoms with Gasteiger partial charge in [-0.15, -0.1) is 0 Å². The second-order valence-corrected chi connectivity index (χ2v) is 3.50. The van der Waals surface area contributed by atoms with Crippen molar-refractivity contribution < 1.29 is 9.90 Å². The van der Waals surface area contributed by atoms with E-state index < -0.39 is 0 Å². The van der Waals surface area contributed by atoms with Gasteiger partial charge in [0.05, 0.1) is 5.56 Å². The highest BCUT2D eigenvalue weighted by molar-refractivity contribution is 6.03. The molecule has 0 spiro atoms. The quantitative estimate of drug-likeness (QED) is 0.549. The zero-order valence-electron chi connectivity index (χ0n) is 8.32. The van der Waals surface area contributed by atoms with Crippen LogP contribution in [0.25, 0.3) is 10.8 Å². The molecule has 0 aliphatic heterocycles. The molecule has 3 nitrogen and oxygen atoms in total. The minimum absolute atomic E-state index is 0.0278. The van der Waals surface area contributed by atoms with Crippen molar-refractivity contribution >= 4 is 22.2 Å². The molecular weight excluding hydrogens is 190 g/mol. The van der Waals surface area contributed by atoms with E-state index in [1.807, 2.05) is 0 Å². The molecular formula is C12H11NO2. The lowest BCUT2D eigenvalue weighted by Crippen LogP contribution is -1.93. The first-order valence-corrected chi connectivity index (χ1v) is 4.62. The van der Waals surface area contributed by atoms with Crippen LogP contribution in [0.4, 0.5) is 5.69 Å².